The molecule has 1 atom stereocenters. The van der Waals surface area contributed by atoms with Gasteiger partial charge in [-0.15, -0.1) is 0 Å². The van der Waals surface area contributed by atoms with Crippen molar-refractivity contribution in [3.05, 3.63) is 29.6 Å². The Morgan fingerprint density at radius 1 is 1.42 bits per heavy atom. The van der Waals surface area contributed by atoms with E-state index in [4.69, 9.17) is 10.00 Å². The molecule has 0 bridgehead atoms. The highest BCUT2D eigenvalue weighted by Crippen LogP contribution is 2.35. The first-order chi connectivity index (χ1) is 12.5. The maximum Gasteiger partial charge on any atom is 0.410 e. The van der Waals surface area contributed by atoms with Gasteiger partial charge in [0.25, 0.3) is 5.91 Å². The number of hydrogen-bond donors (Lipinski definition) is 0. The van der Waals surface area contributed by atoms with Gasteiger partial charge >= 0.3 is 6.09 Å². The molecule has 0 aromatic carbocycles. The Morgan fingerprint density at radius 3 is 2.73 bits per heavy atom. The van der Waals surface area contributed by atoms with Crippen molar-refractivity contribution >= 4 is 12.0 Å². The number of amides is 2. The van der Waals surface area contributed by atoms with Gasteiger partial charge in [-0.3, -0.25) is 4.79 Å². The lowest BCUT2D eigenvalue weighted by molar-refractivity contribution is 0.00306. The minimum atomic E-state index is -0.473. The number of rotatable bonds is 4. The van der Waals surface area contributed by atoms with Crippen LogP contribution in [-0.4, -0.2) is 58.1 Å². The van der Waals surface area contributed by atoms with Gasteiger partial charge in [-0.25, -0.2) is 9.78 Å². The van der Waals surface area contributed by atoms with Crippen LogP contribution in [0.5, 0.6) is 0 Å². The summed E-state index contributed by atoms with van der Waals surface area (Å²) in [7, 11) is 0. The summed E-state index contributed by atoms with van der Waals surface area (Å²) in [6.07, 6.45) is 4.48. The number of nitrogens with zero attached hydrogens (tertiary/aromatic N) is 4. The third-order valence-corrected chi connectivity index (χ3v) is 5.32. The average molecular weight is 356 g/mol. The predicted molar refractivity (Wildman–Crippen MR) is 94.4 cm³/mol. The van der Waals surface area contributed by atoms with E-state index in [1.807, 2.05) is 11.0 Å². The number of pyridine rings is 1. The van der Waals surface area contributed by atoms with Crippen molar-refractivity contribution in [2.24, 2.45) is 0 Å². The van der Waals surface area contributed by atoms with Crippen LogP contribution in [0.1, 0.15) is 55.6 Å². The van der Waals surface area contributed by atoms with E-state index >= 15 is 0 Å². The summed E-state index contributed by atoms with van der Waals surface area (Å²) in [6, 6.07) is 5.29. The van der Waals surface area contributed by atoms with Crippen LogP contribution >= 0.6 is 0 Å². The first-order valence-electron chi connectivity index (χ1n) is 9.13. The molecule has 0 aliphatic carbocycles. The van der Waals surface area contributed by atoms with Crippen molar-refractivity contribution in [2.75, 3.05) is 19.6 Å². The summed E-state index contributed by atoms with van der Waals surface area (Å²) in [4.78, 5) is 32.4. The molecule has 7 heteroatoms. The van der Waals surface area contributed by atoms with Crippen molar-refractivity contribution in [2.45, 2.75) is 51.2 Å². The summed E-state index contributed by atoms with van der Waals surface area (Å²) in [5.74, 6) is -0.0997. The second-order valence-corrected chi connectivity index (χ2v) is 7.15. The van der Waals surface area contributed by atoms with Crippen LogP contribution < -0.4 is 0 Å². The molecule has 3 heterocycles. The van der Waals surface area contributed by atoms with Gasteiger partial charge in [-0.2, -0.15) is 5.26 Å². The Morgan fingerprint density at radius 2 is 2.15 bits per heavy atom. The zero-order chi connectivity index (χ0) is 18.7. The molecule has 1 unspecified atom stereocenters. The minimum absolute atomic E-state index is 0.0997. The molecule has 3 rings (SSSR count). The molecule has 2 fully saturated rings. The maximum absolute atomic E-state index is 12.6. The zero-order valence-electron chi connectivity index (χ0n) is 15.3. The van der Waals surface area contributed by atoms with Gasteiger partial charge < -0.3 is 14.5 Å². The number of ether oxygens (including phenoxy) is 1. The lowest BCUT2D eigenvalue weighted by Crippen LogP contribution is -2.49. The lowest BCUT2D eigenvalue weighted by atomic mass is 9.90. The van der Waals surface area contributed by atoms with Gasteiger partial charge in [-0.05, 0) is 25.5 Å². The Bertz CT molecular complexity index is 717. The number of carbonyl (C=O) groups is 2. The standard InChI is InChI=1S/C19H24N4O3/c1-3-4-14(2)23-13-19(26-18(23)25)7-9-22(10-8-19)17(24)15-5-6-16(11-20)21-12-15/h5-6,12,14H,3-4,7-10,13H2,1-2H3. The van der Waals surface area contributed by atoms with Crippen LogP contribution in [0, 0.1) is 11.3 Å². The van der Waals surface area contributed by atoms with E-state index in [0.29, 0.717) is 43.7 Å². The predicted octanol–water partition coefficient (Wildman–Crippen LogP) is 2.57. The van der Waals surface area contributed by atoms with E-state index in [9.17, 15) is 9.59 Å². The fourth-order valence-electron chi connectivity index (χ4n) is 3.71. The van der Waals surface area contributed by atoms with Crippen LogP contribution in [-0.2, 0) is 4.74 Å². The second-order valence-electron chi connectivity index (χ2n) is 7.15. The molecule has 2 aliphatic rings. The fourth-order valence-corrected chi connectivity index (χ4v) is 3.71. The Labute approximate surface area is 153 Å². The summed E-state index contributed by atoms with van der Waals surface area (Å²) in [5.41, 5.74) is 0.290. The van der Waals surface area contributed by atoms with Gasteiger partial charge in [0.05, 0.1) is 12.1 Å². The number of aromatic nitrogens is 1. The Kier molecular flexibility index (Phi) is 5.12. The highest BCUT2D eigenvalue weighted by molar-refractivity contribution is 5.94. The van der Waals surface area contributed by atoms with Gasteiger partial charge in [0.1, 0.15) is 17.4 Å². The first kappa shape index (κ1) is 18.2. The number of carbonyl (C=O) groups excluding carboxylic acids is 2. The summed E-state index contributed by atoms with van der Waals surface area (Å²) in [5, 5.41) is 8.80. The average Bonchev–Trinajstić information content (AvgIpc) is 2.98. The molecule has 138 valence electrons. The van der Waals surface area contributed by atoms with Gasteiger partial charge in [0, 0.05) is 38.2 Å². The van der Waals surface area contributed by atoms with Crippen LogP contribution in [0.25, 0.3) is 0 Å². The molecule has 2 aliphatic heterocycles. The molecule has 1 spiro atoms. The monoisotopic (exact) mass is 356 g/mol. The Hall–Kier alpha value is -2.62. The molecule has 0 saturated carbocycles. The molecule has 2 saturated heterocycles. The molecule has 1 aromatic rings. The molecule has 0 N–H and O–H groups in total. The number of nitriles is 1. The van der Waals surface area contributed by atoms with Gasteiger partial charge in [-0.1, -0.05) is 13.3 Å². The molecular weight excluding hydrogens is 332 g/mol. The molecule has 7 nitrogen and oxygen atoms in total. The molecule has 1 aromatic heterocycles. The summed E-state index contributed by atoms with van der Waals surface area (Å²) >= 11 is 0. The van der Waals surface area contributed by atoms with Crippen molar-refractivity contribution in [1.82, 2.24) is 14.8 Å². The third kappa shape index (κ3) is 3.50. The topological polar surface area (TPSA) is 86.5 Å². The van der Waals surface area contributed by atoms with E-state index in [1.54, 1.807) is 17.0 Å². The molecule has 26 heavy (non-hydrogen) atoms. The zero-order valence-corrected chi connectivity index (χ0v) is 15.3. The van der Waals surface area contributed by atoms with Crippen LogP contribution in [0.3, 0.4) is 0 Å². The van der Waals surface area contributed by atoms with E-state index in [1.165, 1.54) is 6.20 Å². The van der Waals surface area contributed by atoms with E-state index in [-0.39, 0.29) is 18.0 Å². The van der Waals surface area contributed by atoms with Crippen LogP contribution in [0.2, 0.25) is 0 Å². The largest absolute Gasteiger partial charge is 0.441 e. The van der Waals surface area contributed by atoms with Crippen molar-refractivity contribution < 1.29 is 14.3 Å². The Balaban J connectivity index is 1.61. The summed E-state index contributed by atoms with van der Waals surface area (Å²) in [6.45, 7) is 5.85. The van der Waals surface area contributed by atoms with Gasteiger partial charge in [0.15, 0.2) is 0 Å². The SMILES string of the molecule is CCCC(C)N1CC2(CCN(C(=O)c3ccc(C#N)nc3)CC2)OC1=O. The highest BCUT2D eigenvalue weighted by Gasteiger charge is 2.48. The smallest absolute Gasteiger partial charge is 0.410 e. The fraction of sp³-hybridized carbons (Fsp3) is 0.579. The second kappa shape index (κ2) is 7.32. The van der Waals surface area contributed by atoms with Crippen molar-refractivity contribution in [3.63, 3.8) is 0 Å². The first-order valence-corrected chi connectivity index (χ1v) is 9.13. The van der Waals surface area contributed by atoms with Crippen LogP contribution in [0.4, 0.5) is 4.79 Å². The highest BCUT2D eigenvalue weighted by atomic mass is 16.6. The number of likely N-dealkylation sites (tertiary alicyclic amines) is 1. The molecule has 2 amide bonds. The minimum Gasteiger partial charge on any atom is -0.441 e. The van der Waals surface area contributed by atoms with E-state index < -0.39 is 5.60 Å². The number of hydrogen-bond acceptors (Lipinski definition) is 5. The van der Waals surface area contributed by atoms with Crippen molar-refractivity contribution in [3.8, 4) is 6.07 Å². The number of piperidine rings is 1. The van der Waals surface area contributed by atoms with E-state index in [0.717, 1.165) is 12.8 Å². The maximum atomic E-state index is 12.6. The van der Waals surface area contributed by atoms with Crippen molar-refractivity contribution in [1.29, 1.82) is 5.26 Å². The van der Waals surface area contributed by atoms with E-state index in [2.05, 4.69) is 18.8 Å². The summed E-state index contributed by atoms with van der Waals surface area (Å²) < 4.78 is 5.73. The molecular formula is C19H24N4O3. The van der Waals surface area contributed by atoms with Crippen LogP contribution in [0.15, 0.2) is 18.3 Å². The quantitative estimate of drug-likeness (QED) is 0.827. The molecule has 0 radical (unpaired) electrons. The normalized spacial score (nSPS) is 20.0. The lowest BCUT2D eigenvalue weighted by Gasteiger charge is -2.37. The van der Waals surface area contributed by atoms with Gasteiger partial charge in [0.2, 0.25) is 0 Å². The third-order valence-electron chi connectivity index (χ3n) is 5.32.